The molecule has 0 spiro atoms. The van der Waals surface area contributed by atoms with Crippen LogP contribution in [0.5, 0.6) is 0 Å². The Bertz CT molecular complexity index is 603. The predicted molar refractivity (Wildman–Crippen MR) is 104 cm³/mol. The Labute approximate surface area is 145 Å². The molecule has 124 valence electrons. The summed E-state index contributed by atoms with van der Waals surface area (Å²) in [5, 5.41) is 0. The second kappa shape index (κ2) is 9.67. The lowest BCUT2D eigenvalue weighted by atomic mass is 10.0. The zero-order chi connectivity index (χ0) is 17.2. The zero-order valence-electron chi connectivity index (χ0n) is 14.3. The van der Waals surface area contributed by atoms with Crippen molar-refractivity contribution in [2.45, 2.75) is 38.5 Å². The van der Waals surface area contributed by atoms with Crippen LogP contribution in [-0.2, 0) is 17.6 Å². The third-order valence-electron chi connectivity index (χ3n) is 4.27. The number of benzene rings is 2. The lowest BCUT2D eigenvalue weighted by Gasteiger charge is -2.04. The molecular formula is C23H26O. The average Bonchev–Trinajstić information content (AvgIpc) is 2.63. The highest BCUT2D eigenvalue weighted by Crippen LogP contribution is 2.12. The normalized spacial score (nSPS) is 10.3. The number of aryl methyl sites for hydroxylation is 2. The molecule has 0 aromatic heterocycles. The molecule has 0 N–H and O–H groups in total. The monoisotopic (exact) mass is 318 g/mol. The Morgan fingerprint density at radius 3 is 1.42 bits per heavy atom. The van der Waals surface area contributed by atoms with Crippen LogP contribution in [0.2, 0.25) is 0 Å². The van der Waals surface area contributed by atoms with Crippen LogP contribution < -0.4 is 0 Å². The fourth-order valence-electron chi connectivity index (χ4n) is 2.75. The van der Waals surface area contributed by atoms with Gasteiger partial charge < -0.3 is 0 Å². The molecule has 1 nitrogen and oxygen atoms in total. The third kappa shape index (κ3) is 6.00. The molecule has 0 saturated carbocycles. The molecule has 0 aliphatic carbocycles. The van der Waals surface area contributed by atoms with Crippen LogP contribution in [-0.4, -0.2) is 5.78 Å². The number of Topliss-reactive ketones (excluding diaryl/α,β-unsaturated/α-hetero) is 1. The first-order valence-electron chi connectivity index (χ1n) is 8.65. The molecule has 0 aliphatic heterocycles. The number of hydrogen-bond acceptors (Lipinski definition) is 1. The van der Waals surface area contributed by atoms with Gasteiger partial charge in [-0.15, -0.1) is 0 Å². The molecule has 0 aliphatic rings. The molecule has 0 unspecified atom stereocenters. The second-order valence-electron chi connectivity index (χ2n) is 6.14. The van der Waals surface area contributed by atoms with E-state index in [0.717, 1.165) is 36.8 Å². The van der Waals surface area contributed by atoms with Crippen LogP contribution in [0.1, 0.15) is 47.9 Å². The van der Waals surface area contributed by atoms with E-state index in [9.17, 15) is 4.79 Å². The van der Waals surface area contributed by atoms with Crippen LogP contribution in [0.3, 0.4) is 0 Å². The summed E-state index contributed by atoms with van der Waals surface area (Å²) >= 11 is 0. The summed E-state index contributed by atoms with van der Waals surface area (Å²) in [6, 6.07) is 16.8. The fourth-order valence-corrected chi connectivity index (χ4v) is 2.75. The largest absolute Gasteiger partial charge is 0.300 e. The van der Waals surface area contributed by atoms with Crippen molar-refractivity contribution in [3.63, 3.8) is 0 Å². The van der Waals surface area contributed by atoms with E-state index in [1.54, 1.807) is 0 Å². The molecule has 0 saturated heterocycles. The highest BCUT2D eigenvalue weighted by molar-refractivity contribution is 5.78. The van der Waals surface area contributed by atoms with Crippen molar-refractivity contribution in [1.29, 1.82) is 0 Å². The minimum atomic E-state index is 0.375. The van der Waals surface area contributed by atoms with Crippen LogP contribution in [0, 0.1) is 0 Å². The Morgan fingerprint density at radius 1 is 0.708 bits per heavy atom. The van der Waals surface area contributed by atoms with E-state index in [1.165, 1.54) is 11.1 Å². The van der Waals surface area contributed by atoms with Crippen LogP contribution in [0.25, 0.3) is 12.2 Å². The number of ketones is 1. The van der Waals surface area contributed by atoms with Gasteiger partial charge in [-0.3, -0.25) is 4.79 Å². The van der Waals surface area contributed by atoms with Gasteiger partial charge in [0.05, 0.1) is 0 Å². The first-order chi connectivity index (χ1) is 11.7. The average molecular weight is 318 g/mol. The van der Waals surface area contributed by atoms with Gasteiger partial charge in [-0.1, -0.05) is 73.8 Å². The summed E-state index contributed by atoms with van der Waals surface area (Å²) in [5.74, 6) is 0.375. The molecule has 24 heavy (non-hydrogen) atoms. The molecular weight excluding hydrogens is 292 g/mol. The van der Waals surface area contributed by atoms with Crippen LogP contribution in [0.4, 0.5) is 0 Å². The molecule has 0 radical (unpaired) electrons. The van der Waals surface area contributed by atoms with Crippen molar-refractivity contribution in [1.82, 2.24) is 0 Å². The first-order valence-corrected chi connectivity index (χ1v) is 8.65. The summed E-state index contributed by atoms with van der Waals surface area (Å²) in [6.45, 7) is 7.51. The van der Waals surface area contributed by atoms with E-state index < -0.39 is 0 Å². The minimum absolute atomic E-state index is 0.375. The van der Waals surface area contributed by atoms with Gasteiger partial charge in [0.25, 0.3) is 0 Å². The minimum Gasteiger partial charge on any atom is -0.300 e. The number of rotatable bonds is 10. The summed E-state index contributed by atoms with van der Waals surface area (Å²) < 4.78 is 0. The zero-order valence-corrected chi connectivity index (χ0v) is 14.3. The standard InChI is InChI=1S/C23H26O/c1-3-19-11-15-21(16-12-19)7-5-9-23(24)10-6-8-22-17-13-20(4-2)14-18-22/h3-4,11-18H,1-2,5-10H2. The fraction of sp³-hybridized carbons (Fsp3) is 0.261. The highest BCUT2D eigenvalue weighted by Gasteiger charge is 2.03. The van der Waals surface area contributed by atoms with Crippen molar-refractivity contribution < 1.29 is 4.79 Å². The van der Waals surface area contributed by atoms with Crippen LogP contribution in [0.15, 0.2) is 61.7 Å². The summed E-state index contributed by atoms with van der Waals surface area (Å²) in [5.41, 5.74) is 4.85. The van der Waals surface area contributed by atoms with Crippen molar-refractivity contribution in [2.75, 3.05) is 0 Å². The topological polar surface area (TPSA) is 17.1 Å². The Hall–Kier alpha value is -2.41. The van der Waals surface area contributed by atoms with Gasteiger partial charge in [-0.2, -0.15) is 0 Å². The molecule has 2 rings (SSSR count). The molecule has 0 bridgehead atoms. The first kappa shape index (κ1) is 17.9. The lowest BCUT2D eigenvalue weighted by Crippen LogP contribution is -2.00. The number of carbonyl (C=O) groups is 1. The Kier molecular flexibility index (Phi) is 7.22. The molecule has 0 fully saturated rings. The van der Waals surface area contributed by atoms with E-state index in [1.807, 2.05) is 12.2 Å². The smallest absolute Gasteiger partial charge is 0.132 e. The Balaban J connectivity index is 1.63. The molecule has 0 heterocycles. The third-order valence-corrected chi connectivity index (χ3v) is 4.27. The molecule has 1 heteroatoms. The summed E-state index contributed by atoms with van der Waals surface area (Å²) in [6.07, 6.45) is 8.84. The predicted octanol–water partition coefficient (Wildman–Crippen LogP) is 5.89. The van der Waals surface area contributed by atoms with Crippen molar-refractivity contribution in [3.8, 4) is 0 Å². The van der Waals surface area contributed by atoms with Crippen LogP contribution >= 0.6 is 0 Å². The second-order valence-corrected chi connectivity index (χ2v) is 6.14. The maximum absolute atomic E-state index is 12.0. The van der Waals surface area contributed by atoms with Gasteiger partial charge >= 0.3 is 0 Å². The van der Waals surface area contributed by atoms with Gasteiger partial charge in [0.2, 0.25) is 0 Å². The summed E-state index contributed by atoms with van der Waals surface area (Å²) in [7, 11) is 0. The van der Waals surface area contributed by atoms with Crippen molar-refractivity contribution in [3.05, 3.63) is 83.9 Å². The number of carbonyl (C=O) groups excluding carboxylic acids is 1. The molecule has 2 aromatic carbocycles. The van der Waals surface area contributed by atoms with E-state index in [2.05, 4.69) is 61.7 Å². The SMILES string of the molecule is C=Cc1ccc(CCCC(=O)CCCc2ccc(C=C)cc2)cc1. The van der Waals surface area contributed by atoms with Crippen molar-refractivity contribution in [2.24, 2.45) is 0 Å². The van der Waals surface area contributed by atoms with E-state index >= 15 is 0 Å². The maximum Gasteiger partial charge on any atom is 0.132 e. The van der Waals surface area contributed by atoms with E-state index in [0.29, 0.717) is 18.6 Å². The quantitative estimate of drug-likeness (QED) is 0.534. The highest BCUT2D eigenvalue weighted by atomic mass is 16.1. The molecule has 2 aromatic rings. The van der Waals surface area contributed by atoms with Crippen molar-refractivity contribution >= 4 is 17.9 Å². The molecule has 0 amide bonds. The maximum atomic E-state index is 12.0. The lowest BCUT2D eigenvalue weighted by molar-refractivity contribution is -0.119. The van der Waals surface area contributed by atoms with Gasteiger partial charge in [0.1, 0.15) is 5.78 Å². The summed E-state index contributed by atoms with van der Waals surface area (Å²) in [4.78, 5) is 12.0. The van der Waals surface area contributed by atoms with Gasteiger partial charge in [-0.25, -0.2) is 0 Å². The van der Waals surface area contributed by atoms with E-state index in [4.69, 9.17) is 0 Å². The van der Waals surface area contributed by atoms with Gasteiger partial charge in [-0.05, 0) is 47.9 Å². The Morgan fingerprint density at radius 2 is 1.08 bits per heavy atom. The van der Waals surface area contributed by atoms with Gasteiger partial charge in [0.15, 0.2) is 0 Å². The van der Waals surface area contributed by atoms with E-state index in [-0.39, 0.29) is 0 Å². The van der Waals surface area contributed by atoms with Gasteiger partial charge in [0, 0.05) is 12.8 Å². The number of hydrogen-bond donors (Lipinski definition) is 0. The molecule has 0 atom stereocenters.